The first-order chi connectivity index (χ1) is 15.4. The molecule has 2 aromatic rings. The fraction of sp³-hybridized carbons (Fsp3) is 0.400. The van der Waals surface area contributed by atoms with Gasteiger partial charge in [0.25, 0.3) is 5.91 Å². The minimum absolute atomic E-state index is 0.0176. The number of likely N-dealkylation sites (tertiary alicyclic amines) is 1. The van der Waals surface area contributed by atoms with Gasteiger partial charge in [0.15, 0.2) is 6.61 Å². The van der Waals surface area contributed by atoms with Gasteiger partial charge >= 0.3 is 11.8 Å². The van der Waals surface area contributed by atoms with Crippen LogP contribution in [0.15, 0.2) is 54.6 Å². The Morgan fingerprint density at radius 2 is 1.62 bits per heavy atom. The lowest BCUT2D eigenvalue weighted by molar-refractivity contribution is -0.136. The lowest BCUT2D eigenvalue weighted by atomic mass is 9.96. The highest BCUT2D eigenvalue weighted by Crippen LogP contribution is 2.18. The molecule has 0 radical (unpaired) electrons. The van der Waals surface area contributed by atoms with E-state index in [1.165, 1.54) is 5.56 Å². The molecule has 1 aliphatic heterocycles. The molecule has 1 saturated heterocycles. The Kier molecular flexibility index (Phi) is 8.25. The summed E-state index contributed by atoms with van der Waals surface area (Å²) in [5, 5.41) is 5.34. The highest BCUT2D eigenvalue weighted by molar-refractivity contribution is 6.39. The molecule has 0 aliphatic carbocycles. The van der Waals surface area contributed by atoms with Crippen LogP contribution < -0.4 is 15.4 Å². The van der Waals surface area contributed by atoms with Crippen molar-refractivity contribution in [1.29, 1.82) is 0 Å². The molecule has 0 bridgehead atoms. The van der Waals surface area contributed by atoms with E-state index in [9.17, 15) is 14.4 Å². The van der Waals surface area contributed by atoms with Crippen molar-refractivity contribution in [3.05, 3.63) is 60.2 Å². The number of nitrogens with one attached hydrogen (secondary N) is 2. The number of amides is 3. The van der Waals surface area contributed by atoms with E-state index < -0.39 is 11.8 Å². The van der Waals surface area contributed by atoms with E-state index in [4.69, 9.17) is 4.74 Å². The van der Waals surface area contributed by atoms with Gasteiger partial charge in [0.2, 0.25) is 0 Å². The molecule has 3 amide bonds. The molecule has 0 aromatic heterocycles. The molecule has 7 nitrogen and oxygen atoms in total. The van der Waals surface area contributed by atoms with Crippen LogP contribution in [-0.2, 0) is 14.4 Å². The molecule has 7 heteroatoms. The predicted molar refractivity (Wildman–Crippen MR) is 123 cm³/mol. The molecule has 0 atom stereocenters. The van der Waals surface area contributed by atoms with Gasteiger partial charge in [-0.1, -0.05) is 44.2 Å². The van der Waals surface area contributed by atoms with Crippen LogP contribution in [0.1, 0.15) is 38.2 Å². The van der Waals surface area contributed by atoms with Crippen molar-refractivity contribution < 1.29 is 19.1 Å². The summed E-state index contributed by atoms with van der Waals surface area (Å²) in [6.07, 6.45) is 1.55. The van der Waals surface area contributed by atoms with Crippen LogP contribution in [0.25, 0.3) is 0 Å². The molecule has 0 spiro atoms. The second kappa shape index (κ2) is 11.3. The molecule has 32 heavy (non-hydrogen) atoms. The van der Waals surface area contributed by atoms with Crippen molar-refractivity contribution >= 4 is 23.4 Å². The number of anilines is 1. The van der Waals surface area contributed by atoms with Crippen molar-refractivity contribution in [2.45, 2.75) is 32.6 Å². The molecular weight excluding hydrogens is 406 g/mol. The summed E-state index contributed by atoms with van der Waals surface area (Å²) in [7, 11) is 0. The van der Waals surface area contributed by atoms with Crippen LogP contribution in [0.5, 0.6) is 5.75 Å². The second-order valence-corrected chi connectivity index (χ2v) is 8.37. The summed E-state index contributed by atoms with van der Waals surface area (Å²) in [5.74, 6) is -0.0511. The molecule has 2 N–H and O–H groups in total. The van der Waals surface area contributed by atoms with E-state index in [1.54, 1.807) is 17.0 Å². The lowest BCUT2D eigenvalue weighted by Crippen LogP contribution is -2.44. The molecular formula is C25H31N3O4. The van der Waals surface area contributed by atoms with E-state index in [0.29, 0.717) is 37.0 Å². The largest absolute Gasteiger partial charge is 0.484 e. The lowest BCUT2D eigenvalue weighted by Gasteiger charge is -2.32. The zero-order chi connectivity index (χ0) is 22.9. The minimum Gasteiger partial charge on any atom is -0.484 e. The normalized spacial score (nSPS) is 14.2. The van der Waals surface area contributed by atoms with Gasteiger partial charge in [-0.05, 0) is 54.5 Å². The number of carbonyl (C=O) groups excluding carboxylic acids is 3. The van der Waals surface area contributed by atoms with Gasteiger partial charge in [-0.3, -0.25) is 14.4 Å². The summed E-state index contributed by atoms with van der Waals surface area (Å²) in [4.78, 5) is 38.4. The maximum absolute atomic E-state index is 12.3. The van der Waals surface area contributed by atoms with Gasteiger partial charge in [0.05, 0.1) is 0 Å². The third-order valence-electron chi connectivity index (χ3n) is 5.67. The molecule has 2 aromatic carbocycles. The number of para-hydroxylation sites is 1. The number of nitrogens with zero attached hydrogens (tertiary/aromatic N) is 1. The number of ether oxygens (including phenoxy) is 1. The smallest absolute Gasteiger partial charge is 0.313 e. The highest BCUT2D eigenvalue weighted by Gasteiger charge is 2.24. The summed E-state index contributed by atoms with van der Waals surface area (Å²) in [6, 6.07) is 16.7. The average Bonchev–Trinajstić information content (AvgIpc) is 2.82. The van der Waals surface area contributed by atoms with Crippen LogP contribution in [0.2, 0.25) is 0 Å². The second-order valence-electron chi connectivity index (χ2n) is 8.37. The van der Waals surface area contributed by atoms with Crippen molar-refractivity contribution in [3.8, 4) is 5.75 Å². The van der Waals surface area contributed by atoms with Gasteiger partial charge in [0.1, 0.15) is 5.75 Å². The first kappa shape index (κ1) is 23.3. The fourth-order valence-corrected chi connectivity index (χ4v) is 3.60. The number of rotatable bonds is 7. The van der Waals surface area contributed by atoms with Gasteiger partial charge < -0.3 is 20.3 Å². The molecule has 1 aliphatic rings. The van der Waals surface area contributed by atoms with Crippen molar-refractivity contribution in [2.24, 2.45) is 5.92 Å². The molecule has 1 heterocycles. The zero-order valence-electron chi connectivity index (χ0n) is 18.7. The van der Waals surface area contributed by atoms with Crippen LogP contribution >= 0.6 is 0 Å². The Morgan fingerprint density at radius 1 is 0.969 bits per heavy atom. The summed E-state index contributed by atoms with van der Waals surface area (Å²) in [5.41, 5.74) is 1.77. The third-order valence-corrected chi connectivity index (χ3v) is 5.67. The number of piperidine rings is 1. The van der Waals surface area contributed by atoms with Gasteiger partial charge in [-0.2, -0.15) is 0 Å². The average molecular weight is 438 g/mol. The Morgan fingerprint density at radius 3 is 2.25 bits per heavy atom. The van der Waals surface area contributed by atoms with E-state index >= 15 is 0 Å². The molecule has 0 saturated carbocycles. The Labute approximate surface area is 189 Å². The molecule has 1 fully saturated rings. The van der Waals surface area contributed by atoms with E-state index in [-0.39, 0.29) is 18.4 Å². The SMILES string of the molecule is CC(C)c1ccc(NC(=O)C(=O)NCC2CCN(C(=O)COc3ccccc3)CC2)cc1. The minimum atomic E-state index is -0.673. The van der Waals surface area contributed by atoms with E-state index in [2.05, 4.69) is 24.5 Å². The summed E-state index contributed by atoms with van der Waals surface area (Å²) < 4.78 is 5.53. The Hall–Kier alpha value is -3.35. The van der Waals surface area contributed by atoms with Gasteiger partial charge in [-0.25, -0.2) is 0 Å². The third kappa shape index (κ3) is 6.83. The van der Waals surface area contributed by atoms with Crippen molar-refractivity contribution in [1.82, 2.24) is 10.2 Å². The Bertz CT molecular complexity index is 905. The zero-order valence-corrected chi connectivity index (χ0v) is 18.7. The summed E-state index contributed by atoms with van der Waals surface area (Å²) >= 11 is 0. The van der Waals surface area contributed by atoms with Gasteiger partial charge in [0, 0.05) is 25.3 Å². The van der Waals surface area contributed by atoms with E-state index in [0.717, 1.165) is 12.8 Å². The van der Waals surface area contributed by atoms with Crippen LogP contribution in [0.3, 0.4) is 0 Å². The first-order valence-corrected chi connectivity index (χ1v) is 11.1. The number of hydrogen-bond donors (Lipinski definition) is 2. The van der Waals surface area contributed by atoms with Crippen molar-refractivity contribution in [2.75, 3.05) is 31.6 Å². The maximum atomic E-state index is 12.3. The molecule has 0 unspecified atom stereocenters. The van der Waals surface area contributed by atoms with Crippen LogP contribution in [0.4, 0.5) is 5.69 Å². The number of benzene rings is 2. The standard InChI is InChI=1S/C25H31N3O4/c1-18(2)20-8-10-21(11-9-20)27-25(31)24(30)26-16-19-12-14-28(15-13-19)23(29)17-32-22-6-4-3-5-7-22/h3-11,18-19H,12-17H2,1-2H3,(H,26,30)(H,27,31). The maximum Gasteiger partial charge on any atom is 0.313 e. The van der Waals surface area contributed by atoms with Crippen LogP contribution in [-0.4, -0.2) is 48.9 Å². The summed E-state index contributed by atoms with van der Waals surface area (Å²) in [6.45, 7) is 5.86. The monoisotopic (exact) mass is 437 g/mol. The van der Waals surface area contributed by atoms with Crippen LogP contribution in [0, 0.1) is 5.92 Å². The predicted octanol–water partition coefficient (Wildman–Crippen LogP) is 3.18. The highest BCUT2D eigenvalue weighted by atomic mass is 16.5. The molecule has 170 valence electrons. The number of hydrogen-bond acceptors (Lipinski definition) is 4. The molecule has 3 rings (SSSR count). The van der Waals surface area contributed by atoms with Gasteiger partial charge in [-0.15, -0.1) is 0 Å². The van der Waals surface area contributed by atoms with E-state index in [1.807, 2.05) is 42.5 Å². The quantitative estimate of drug-likeness (QED) is 0.652. The number of carbonyl (C=O) groups is 3. The van der Waals surface area contributed by atoms with Crippen molar-refractivity contribution in [3.63, 3.8) is 0 Å². The Balaban J connectivity index is 1.35. The first-order valence-electron chi connectivity index (χ1n) is 11.1. The topological polar surface area (TPSA) is 87.7 Å². The fourth-order valence-electron chi connectivity index (χ4n) is 3.60.